The van der Waals surface area contributed by atoms with Gasteiger partial charge < -0.3 is 9.47 Å². The van der Waals surface area contributed by atoms with Crippen molar-refractivity contribution in [1.29, 1.82) is 0 Å². The van der Waals surface area contributed by atoms with Crippen LogP contribution >= 0.6 is 23.2 Å². The Kier molecular flexibility index (Phi) is 9.81. The van der Waals surface area contributed by atoms with Gasteiger partial charge in [0.2, 0.25) is 10.0 Å². The molecule has 0 aliphatic carbocycles. The molecule has 1 heterocycles. The highest BCUT2D eigenvalue weighted by atomic mass is 35.5. The summed E-state index contributed by atoms with van der Waals surface area (Å²) in [5, 5.41) is 0.570. The number of carbonyl (C=O) groups excluding carboxylic acids is 1. The number of halogens is 2. The van der Waals surface area contributed by atoms with Crippen LogP contribution in [0.5, 0.6) is 0 Å². The third kappa shape index (κ3) is 7.14. The van der Waals surface area contributed by atoms with E-state index in [9.17, 15) is 13.2 Å². The third-order valence-corrected chi connectivity index (χ3v) is 8.61. The van der Waals surface area contributed by atoms with E-state index in [-0.39, 0.29) is 27.0 Å². The Morgan fingerprint density at radius 3 is 2.21 bits per heavy atom. The van der Waals surface area contributed by atoms with Crippen molar-refractivity contribution in [1.82, 2.24) is 9.21 Å². The molecule has 0 amide bonds. The summed E-state index contributed by atoms with van der Waals surface area (Å²) in [7, 11) is -3.68. The number of sulfonamides is 1. The predicted molar refractivity (Wildman–Crippen MR) is 148 cm³/mol. The molecule has 1 atom stereocenters. The lowest BCUT2D eigenvalue weighted by Gasteiger charge is -2.34. The topological polar surface area (TPSA) is 76.2 Å². The molecule has 7 nitrogen and oxygen atoms in total. The zero-order valence-electron chi connectivity index (χ0n) is 21.1. The number of benzene rings is 3. The van der Waals surface area contributed by atoms with E-state index in [4.69, 9.17) is 32.7 Å². The molecule has 0 radical (unpaired) electrons. The number of carbonyl (C=O) groups is 1. The van der Waals surface area contributed by atoms with Gasteiger partial charge in [-0.15, -0.1) is 0 Å². The van der Waals surface area contributed by atoms with Crippen molar-refractivity contribution in [2.45, 2.75) is 17.9 Å². The van der Waals surface area contributed by atoms with E-state index in [0.29, 0.717) is 51.5 Å². The minimum Gasteiger partial charge on any atom is -0.462 e. The highest BCUT2D eigenvalue weighted by Gasteiger charge is 2.29. The normalized spacial score (nSPS) is 15.8. The van der Waals surface area contributed by atoms with Crippen molar-refractivity contribution >= 4 is 39.2 Å². The minimum absolute atomic E-state index is 0.0996. The van der Waals surface area contributed by atoms with Crippen LogP contribution in [0, 0.1) is 0 Å². The molecule has 0 spiro atoms. The Labute approximate surface area is 233 Å². The summed E-state index contributed by atoms with van der Waals surface area (Å²) in [5.41, 5.74) is 2.31. The van der Waals surface area contributed by atoms with Crippen molar-refractivity contribution in [2.24, 2.45) is 0 Å². The van der Waals surface area contributed by atoms with Gasteiger partial charge >= 0.3 is 5.97 Å². The number of piperazine rings is 1. The van der Waals surface area contributed by atoms with Gasteiger partial charge in [-0.25, -0.2) is 13.2 Å². The molecule has 0 aromatic heterocycles. The summed E-state index contributed by atoms with van der Waals surface area (Å²) in [4.78, 5) is 14.5. The maximum absolute atomic E-state index is 13.1. The smallest absolute Gasteiger partial charge is 0.338 e. The maximum atomic E-state index is 13.1. The van der Waals surface area contributed by atoms with Crippen LogP contribution in [-0.4, -0.2) is 69.5 Å². The number of ether oxygens (including phenoxy) is 2. The summed E-state index contributed by atoms with van der Waals surface area (Å²) in [5.74, 6) is -0.367. The summed E-state index contributed by atoms with van der Waals surface area (Å²) >= 11 is 12.0. The van der Waals surface area contributed by atoms with Gasteiger partial charge in [0.05, 0.1) is 23.7 Å². The monoisotopic (exact) mass is 576 g/mol. The molecule has 1 aliphatic rings. The SMILES string of the molecule is CCOC(=O)c1cccc([C@@H](OCCN2CCN(S(=O)(=O)c3cc(Cl)cc(Cl)c3)CC2)c2ccccc2)c1. The molecule has 3 aromatic rings. The average molecular weight is 578 g/mol. The molecule has 0 bridgehead atoms. The second-order valence-corrected chi connectivity index (χ2v) is 11.7. The lowest BCUT2D eigenvalue weighted by molar-refractivity contribution is 0.0511. The molecule has 202 valence electrons. The number of nitrogens with zero attached hydrogens (tertiary/aromatic N) is 2. The Balaban J connectivity index is 1.38. The number of hydrogen-bond acceptors (Lipinski definition) is 6. The average Bonchev–Trinajstić information content (AvgIpc) is 2.91. The van der Waals surface area contributed by atoms with Gasteiger partial charge in [0.1, 0.15) is 6.10 Å². The highest BCUT2D eigenvalue weighted by molar-refractivity contribution is 7.89. The van der Waals surface area contributed by atoms with E-state index in [2.05, 4.69) is 4.90 Å². The van der Waals surface area contributed by atoms with Crippen molar-refractivity contribution < 1.29 is 22.7 Å². The van der Waals surface area contributed by atoms with Crippen LogP contribution in [0.1, 0.15) is 34.5 Å². The van der Waals surface area contributed by atoms with E-state index in [1.165, 1.54) is 22.5 Å². The van der Waals surface area contributed by atoms with Crippen molar-refractivity contribution in [3.05, 3.63) is 99.5 Å². The lowest BCUT2D eigenvalue weighted by Crippen LogP contribution is -2.49. The molecule has 0 unspecified atom stereocenters. The van der Waals surface area contributed by atoms with E-state index >= 15 is 0 Å². The Morgan fingerprint density at radius 2 is 1.55 bits per heavy atom. The van der Waals surface area contributed by atoms with E-state index in [0.717, 1.165) is 11.1 Å². The van der Waals surface area contributed by atoms with Gasteiger partial charge in [-0.1, -0.05) is 65.7 Å². The summed E-state index contributed by atoms with van der Waals surface area (Å²) < 4.78 is 39.1. The largest absolute Gasteiger partial charge is 0.462 e. The maximum Gasteiger partial charge on any atom is 0.338 e. The quantitative estimate of drug-likeness (QED) is 0.305. The fourth-order valence-electron chi connectivity index (χ4n) is 4.38. The summed E-state index contributed by atoms with van der Waals surface area (Å²) in [6, 6.07) is 21.5. The predicted octanol–water partition coefficient (Wildman–Crippen LogP) is 5.28. The first kappa shape index (κ1) is 28.5. The van der Waals surface area contributed by atoms with Crippen LogP contribution in [0.15, 0.2) is 77.7 Å². The molecule has 38 heavy (non-hydrogen) atoms. The number of hydrogen-bond donors (Lipinski definition) is 0. The molecule has 0 N–H and O–H groups in total. The fraction of sp³-hybridized carbons (Fsp3) is 0.321. The third-order valence-electron chi connectivity index (χ3n) is 6.30. The zero-order valence-corrected chi connectivity index (χ0v) is 23.4. The summed E-state index contributed by atoms with van der Waals surface area (Å²) in [6.45, 7) is 5.02. The standard InChI is InChI=1S/C28H30Cl2N2O5S/c1-2-36-28(33)23-10-6-9-22(17-23)27(21-7-4-3-5-8-21)37-16-15-31-11-13-32(14-12-31)38(34,35)26-19-24(29)18-25(30)20-26/h3-10,17-20,27H,2,11-16H2,1H3/t27-/m0/s1. The Morgan fingerprint density at radius 1 is 0.895 bits per heavy atom. The van der Waals surface area contributed by atoms with E-state index in [1.807, 2.05) is 42.5 Å². The second kappa shape index (κ2) is 13.1. The van der Waals surface area contributed by atoms with Crippen molar-refractivity contribution in [2.75, 3.05) is 45.9 Å². The van der Waals surface area contributed by atoms with E-state index in [1.54, 1.807) is 19.1 Å². The molecule has 4 rings (SSSR count). The Bertz CT molecular complexity index is 1330. The van der Waals surface area contributed by atoms with Crippen LogP contribution in [0.4, 0.5) is 0 Å². The number of esters is 1. The Hall–Kier alpha value is -2.46. The van der Waals surface area contributed by atoms with Gasteiger partial charge in [0.25, 0.3) is 0 Å². The van der Waals surface area contributed by atoms with Crippen molar-refractivity contribution in [3.63, 3.8) is 0 Å². The van der Waals surface area contributed by atoms with Crippen LogP contribution in [-0.2, 0) is 19.5 Å². The molecule has 1 fully saturated rings. The minimum atomic E-state index is -3.68. The van der Waals surface area contributed by atoms with Gasteiger partial charge in [-0.2, -0.15) is 4.31 Å². The van der Waals surface area contributed by atoms with Crippen LogP contribution in [0.2, 0.25) is 10.0 Å². The molecular formula is C28H30Cl2N2O5S. The molecule has 0 saturated carbocycles. The molecule has 1 saturated heterocycles. The molecule has 3 aromatic carbocycles. The fourth-order valence-corrected chi connectivity index (χ4v) is 6.52. The van der Waals surface area contributed by atoms with Gasteiger partial charge in [-0.05, 0) is 48.4 Å². The van der Waals surface area contributed by atoms with Gasteiger partial charge in [-0.3, -0.25) is 4.90 Å². The van der Waals surface area contributed by atoms with E-state index < -0.39 is 10.0 Å². The van der Waals surface area contributed by atoms with Crippen LogP contribution in [0.3, 0.4) is 0 Å². The molecular weight excluding hydrogens is 547 g/mol. The van der Waals surface area contributed by atoms with Gasteiger partial charge in [0, 0.05) is 42.8 Å². The van der Waals surface area contributed by atoms with Crippen LogP contribution in [0.25, 0.3) is 0 Å². The second-order valence-electron chi connectivity index (χ2n) is 8.86. The molecule has 1 aliphatic heterocycles. The molecule has 10 heteroatoms. The zero-order chi connectivity index (χ0) is 27.1. The first-order valence-corrected chi connectivity index (χ1v) is 14.6. The highest BCUT2D eigenvalue weighted by Crippen LogP contribution is 2.28. The van der Waals surface area contributed by atoms with Gasteiger partial charge in [0.15, 0.2) is 0 Å². The first-order valence-electron chi connectivity index (χ1n) is 12.4. The van der Waals surface area contributed by atoms with Crippen molar-refractivity contribution in [3.8, 4) is 0 Å². The summed E-state index contributed by atoms with van der Waals surface area (Å²) in [6.07, 6.45) is -0.361. The van der Waals surface area contributed by atoms with Crippen LogP contribution < -0.4 is 0 Å². The lowest BCUT2D eigenvalue weighted by atomic mass is 9.99. The first-order chi connectivity index (χ1) is 18.3. The number of rotatable bonds is 10.